The van der Waals surface area contributed by atoms with E-state index in [-0.39, 0.29) is 43.2 Å². The third-order valence-corrected chi connectivity index (χ3v) is 14.6. The molecule has 3 aromatic rings. The highest BCUT2D eigenvalue weighted by Gasteiger charge is 2.47. The quantitative estimate of drug-likeness (QED) is 0.202. The summed E-state index contributed by atoms with van der Waals surface area (Å²) in [6.07, 6.45) is 5.10. The number of rotatable bonds is 13. The van der Waals surface area contributed by atoms with Crippen LogP contribution in [0.1, 0.15) is 89.3 Å². The largest absolute Gasteiger partial charge is 0.493 e. The maximum Gasteiger partial charge on any atom is 0.411 e. The molecule has 0 bridgehead atoms. The Labute approximate surface area is 390 Å². The molecule has 66 heavy (non-hydrogen) atoms. The molecule has 0 aromatic heterocycles. The summed E-state index contributed by atoms with van der Waals surface area (Å²) in [5.74, 6) is 1.31. The topological polar surface area (TPSA) is 160 Å². The second-order valence-electron chi connectivity index (χ2n) is 19.0. The predicted molar refractivity (Wildman–Crippen MR) is 256 cm³/mol. The van der Waals surface area contributed by atoms with Crippen molar-refractivity contribution < 1.29 is 48.3 Å². The van der Waals surface area contributed by atoms with E-state index in [4.69, 9.17) is 23.7 Å². The number of ether oxygens (including phenoxy) is 5. The fourth-order valence-corrected chi connectivity index (χ4v) is 11.2. The molecule has 0 spiro atoms. The minimum Gasteiger partial charge on any atom is -0.493 e. The van der Waals surface area contributed by atoms with Crippen LogP contribution >= 0.6 is 0 Å². The van der Waals surface area contributed by atoms with Gasteiger partial charge in [0.15, 0.2) is 17.8 Å². The number of methoxy groups -OCH3 is 1. The molecule has 4 fully saturated rings. The highest BCUT2D eigenvalue weighted by atomic mass is 16.7. The number of piperazine rings is 1. The second-order valence-corrected chi connectivity index (χ2v) is 19.0. The van der Waals surface area contributed by atoms with Crippen LogP contribution in [-0.4, -0.2) is 146 Å². The van der Waals surface area contributed by atoms with Gasteiger partial charge < -0.3 is 67.9 Å². The van der Waals surface area contributed by atoms with Gasteiger partial charge in [-0.3, -0.25) is 9.59 Å². The van der Waals surface area contributed by atoms with E-state index in [0.717, 1.165) is 67.3 Å². The summed E-state index contributed by atoms with van der Waals surface area (Å²) in [5, 5.41) is 32.9. The Kier molecular flexibility index (Phi) is 13.7. The van der Waals surface area contributed by atoms with E-state index in [0.29, 0.717) is 85.6 Å². The summed E-state index contributed by atoms with van der Waals surface area (Å²) < 4.78 is 31.9. The zero-order valence-electron chi connectivity index (χ0n) is 39.4. The van der Waals surface area contributed by atoms with E-state index < -0.39 is 33.7 Å². The number of anilines is 3. The van der Waals surface area contributed by atoms with E-state index in [1.807, 2.05) is 44.5 Å². The molecular formula is C47H65B3N6O10. The molecule has 6 heterocycles. The zero-order chi connectivity index (χ0) is 46.4. The summed E-state index contributed by atoms with van der Waals surface area (Å²) in [6, 6.07) is 13.2. The molecule has 3 aromatic carbocycles. The van der Waals surface area contributed by atoms with Crippen LogP contribution in [-0.2, 0) is 22.7 Å². The molecule has 1 unspecified atom stereocenters. The van der Waals surface area contributed by atoms with Gasteiger partial charge in [-0.25, -0.2) is 0 Å². The average molecular weight is 907 g/mol. The number of amides is 2. The van der Waals surface area contributed by atoms with Gasteiger partial charge in [0.1, 0.15) is 25.2 Å². The lowest BCUT2D eigenvalue weighted by atomic mass is 9.80. The number of hydrogen-bond donors (Lipinski definition) is 3. The highest BCUT2D eigenvalue weighted by molar-refractivity contribution is 6.54. The molecule has 4 saturated heterocycles. The maximum absolute atomic E-state index is 14.3. The Morgan fingerprint density at radius 1 is 0.667 bits per heavy atom. The summed E-state index contributed by atoms with van der Waals surface area (Å²) in [5.41, 5.74) is 5.71. The summed E-state index contributed by atoms with van der Waals surface area (Å²) in [4.78, 5) is 40.2. The van der Waals surface area contributed by atoms with Crippen molar-refractivity contribution in [2.75, 3.05) is 67.5 Å². The number of fused-ring (bicyclic) bond motifs is 4. The molecule has 6 aliphatic rings. The molecular weight excluding hydrogens is 841 g/mol. The molecule has 0 saturated carbocycles. The van der Waals surface area contributed by atoms with Gasteiger partial charge in [-0.15, -0.1) is 0 Å². The Hall–Kier alpha value is -4.65. The molecule has 5 atom stereocenters. The lowest BCUT2D eigenvalue weighted by Crippen LogP contribution is -2.56. The van der Waals surface area contributed by atoms with Crippen LogP contribution in [0.5, 0.6) is 17.2 Å². The first-order valence-corrected chi connectivity index (χ1v) is 24.0. The van der Waals surface area contributed by atoms with Crippen LogP contribution in [0.3, 0.4) is 0 Å². The Morgan fingerprint density at radius 2 is 1.27 bits per heavy atom. The molecule has 352 valence electrons. The summed E-state index contributed by atoms with van der Waals surface area (Å²) in [7, 11) is -0.780. The van der Waals surface area contributed by atoms with Crippen molar-refractivity contribution in [1.29, 1.82) is 0 Å². The van der Waals surface area contributed by atoms with E-state index in [1.54, 1.807) is 33.6 Å². The van der Waals surface area contributed by atoms with Crippen LogP contribution in [0.25, 0.3) is 0 Å². The van der Waals surface area contributed by atoms with Crippen molar-refractivity contribution in [3.63, 3.8) is 0 Å². The van der Waals surface area contributed by atoms with Crippen molar-refractivity contribution in [1.82, 2.24) is 14.6 Å². The van der Waals surface area contributed by atoms with Crippen molar-refractivity contribution in [2.24, 2.45) is 0 Å². The third-order valence-electron chi connectivity index (χ3n) is 14.6. The first kappa shape index (κ1) is 46.5. The Morgan fingerprint density at radius 3 is 1.89 bits per heavy atom. The van der Waals surface area contributed by atoms with E-state index in [9.17, 15) is 24.7 Å². The summed E-state index contributed by atoms with van der Waals surface area (Å²) in [6.45, 7) is 14.4. The average Bonchev–Trinajstić information content (AvgIpc) is 3.99. The molecule has 0 aliphatic carbocycles. The summed E-state index contributed by atoms with van der Waals surface area (Å²) >= 11 is 0. The first-order chi connectivity index (χ1) is 31.8. The van der Waals surface area contributed by atoms with Crippen LogP contribution in [0.2, 0.25) is 20.5 Å². The van der Waals surface area contributed by atoms with Gasteiger partial charge in [-0.2, -0.15) is 0 Å². The van der Waals surface area contributed by atoms with Gasteiger partial charge in [-0.1, -0.05) is 0 Å². The van der Waals surface area contributed by atoms with Crippen LogP contribution in [0.15, 0.2) is 42.5 Å². The van der Waals surface area contributed by atoms with Gasteiger partial charge in [0.2, 0.25) is 0 Å². The number of carbonyl (C=O) groups excluding carboxylic acids is 2. The monoisotopic (exact) mass is 907 g/mol. The standard InChI is InChI=1S/C47H65B3N6O10/c1-30-21-35-40(56(50(5)61)47(66-44-13-7-8-20-63-44)38-12-10-15-54(38)45(35)57)26-41(30)64-28-32-22-33(24-34(23-32)51-16-18-52(19-17-51)48(3)59)29-65-43-27-39-36(25-42(43)62-6)46(58)53-14-9-11-37(53)31(2)55(39)49(4)60/h21-27,31,37-38,44,47,59-61H,7-20,28-29H2,1-6H3/t31-,37-,38-,44?,47-/m0/s1. The van der Waals surface area contributed by atoms with Gasteiger partial charge in [-0.05, 0) is 126 Å². The Balaban J connectivity index is 1.02. The number of benzene rings is 3. The molecule has 2 amide bonds. The molecule has 19 heteroatoms. The van der Waals surface area contributed by atoms with Gasteiger partial charge in [0.25, 0.3) is 11.8 Å². The number of aryl methyl sites for hydroxylation is 1. The van der Waals surface area contributed by atoms with E-state index in [2.05, 4.69) is 34.8 Å². The highest BCUT2D eigenvalue weighted by Crippen LogP contribution is 2.43. The maximum atomic E-state index is 14.3. The van der Waals surface area contributed by atoms with Crippen molar-refractivity contribution in [3.05, 3.63) is 70.3 Å². The minimum absolute atomic E-state index is 0.0140. The number of nitrogens with zero attached hydrogens (tertiary/aromatic N) is 6. The minimum atomic E-state index is -0.968. The molecule has 3 N–H and O–H groups in total. The molecule has 9 rings (SSSR count). The molecule has 6 aliphatic heterocycles. The van der Waals surface area contributed by atoms with Crippen molar-refractivity contribution >= 4 is 50.0 Å². The van der Waals surface area contributed by atoms with E-state index in [1.165, 1.54) is 0 Å². The van der Waals surface area contributed by atoms with Gasteiger partial charge in [0.05, 0.1) is 30.3 Å². The number of carbonyl (C=O) groups is 2. The second kappa shape index (κ2) is 19.5. The fraction of sp³-hybridized carbons (Fsp3) is 0.574. The van der Waals surface area contributed by atoms with Crippen LogP contribution in [0.4, 0.5) is 17.1 Å². The molecule has 16 nitrogen and oxygen atoms in total. The van der Waals surface area contributed by atoms with Crippen LogP contribution in [0, 0.1) is 6.92 Å². The zero-order valence-corrected chi connectivity index (χ0v) is 39.4. The molecule has 0 radical (unpaired) electrons. The normalized spacial score (nSPS) is 24.3. The lowest BCUT2D eigenvalue weighted by molar-refractivity contribution is -0.194. The van der Waals surface area contributed by atoms with Crippen molar-refractivity contribution in [3.8, 4) is 17.2 Å². The predicted octanol–water partition coefficient (Wildman–Crippen LogP) is 4.72. The van der Waals surface area contributed by atoms with E-state index >= 15 is 0 Å². The first-order valence-electron chi connectivity index (χ1n) is 24.0. The smallest absolute Gasteiger partial charge is 0.411 e. The SMILES string of the molecule is COc1cc2c(cc1OCc1cc(COc3cc4c(cc3C)C(=O)N3CCC[C@H]3[C@H](OC3CCCCO3)N4B(C)O)cc(N3CCN(B(C)O)CC3)c1)N(B(C)O)[C@@H](C)[C@@H]1CCCN1C2=O. The fourth-order valence-electron chi connectivity index (χ4n) is 11.2. The lowest BCUT2D eigenvalue weighted by Gasteiger charge is -2.40. The third kappa shape index (κ3) is 9.06. The van der Waals surface area contributed by atoms with Gasteiger partial charge >= 0.3 is 21.2 Å². The van der Waals surface area contributed by atoms with Crippen LogP contribution < -0.4 is 28.7 Å². The van der Waals surface area contributed by atoms with Crippen molar-refractivity contribution in [2.45, 2.75) is 123 Å². The number of hydrogen-bond acceptors (Lipinski definition) is 14. The van der Waals surface area contributed by atoms with Gasteiger partial charge in [0, 0.05) is 81.1 Å². The Bertz CT molecular complexity index is 2260.